The smallest absolute Gasteiger partial charge is 0.306 e. The zero-order valence-electron chi connectivity index (χ0n) is 12.5. The molecule has 0 bridgehead atoms. The maximum atomic E-state index is 13.2. The predicted molar refractivity (Wildman–Crippen MR) is 77.3 cm³/mol. The van der Waals surface area contributed by atoms with Crippen LogP contribution in [-0.2, 0) is 19.7 Å². The lowest BCUT2D eigenvalue weighted by atomic mass is 9.61. The fourth-order valence-electron chi connectivity index (χ4n) is 3.23. The second-order valence-corrected chi connectivity index (χ2v) is 5.53. The van der Waals surface area contributed by atoms with Crippen LogP contribution < -0.4 is 0 Å². The Morgan fingerprint density at radius 1 is 1.45 bits per heavy atom. The average molecular weight is 303 g/mol. The summed E-state index contributed by atoms with van der Waals surface area (Å²) in [6.07, 6.45) is 1.43. The quantitative estimate of drug-likeness (QED) is 0.802. The van der Waals surface area contributed by atoms with Crippen LogP contribution in [0.3, 0.4) is 0 Å². The monoisotopic (exact) mass is 303 g/mol. The molecule has 22 heavy (non-hydrogen) atoms. The van der Waals surface area contributed by atoms with Crippen molar-refractivity contribution in [3.8, 4) is 6.07 Å². The molecular formula is C17H18FNO3. The number of ketones is 1. The lowest BCUT2D eigenvalue weighted by Crippen LogP contribution is -2.44. The Balaban J connectivity index is 2.47. The van der Waals surface area contributed by atoms with Crippen LogP contribution in [0.5, 0.6) is 0 Å². The van der Waals surface area contributed by atoms with E-state index in [9.17, 15) is 19.2 Å². The second-order valence-electron chi connectivity index (χ2n) is 5.53. The highest BCUT2D eigenvalue weighted by atomic mass is 19.1. The first-order valence-electron chi connectivity index (χ1n) is 7.37. The van der Waals surface area contributed by atoms with E-state index in [1.165, 1.54) is 12.1 Å². The van der Waals surface area contributed by atoms with Gasteiger partial charge in [-0.05, 0) is 37.5 Å². The Kier molecular flexibility index (Phi) is 4.92. The highest BCUT2D eigenvalue weighted by molar-refractivity contribution is 5.87. The molecule has 1 aromatic rings. The number of carbonyl (C=O) groups excluding carboxylic acids is 2. The van der Waals surface area contributed by atoms with E-state index in [-0.39, 0.29) is 18.8 Å². The highest BCUT2D eigenvalue weighted by Crippen LogP contribution is 2.45. The van der Waals surface area contributed by atoms with Crippen LogP contribution in [-0.4, -0.2) is 18.4 Å². The minimum atomic E-state index is -0.927. The van der Waals surface area contributed by atoms with Crippen LogP contribution in [0.15, 0.2) is 24.3 Å². The first-order chi connectivity index (χ1) is 10.5. The zero-order valence-corrected chi connectivity index (χ0v) is 12.5. The Morgan fingerprint density at radius 3 is 2.73 bits per heavy atom. The first-order valence-corrected chi connectivity index (χ1v) is 7.37. The number of hydrogen-bond donors (Lipinski definition) is 0. The van der Waals surface area contributed by atoms with Crippen molar-refractivity contribution in [1.82, 2.24) is 0 Å². The summed E-state index contributed by atoms with van der Waals surface area (Å²) in [5.74, 6) is -1.91. The Labute approximate surface area is 128 Å². The number of rotatable bonds is 4. The van der Waals surface area contributed by atoms with E-state index in [4.69, 9.17) is 4.74 Å². The standard InChI is InChI=1S/C17H18FNO3/c1-2-22-16(21)10-17(12-5-7-13(18)8-6-12)9-3-4-15(20)14(17)11-19/h5-8,14H,2-4,9-10H2,1H3. The van der Waals surface area contributed by atoms with Crippen molar-refractivity contribution < 1.29 is 18.7 Å². The average Bonchev–Trinajstić information content (AvgIpc) is 2.48. The third-order valence-electron chi connectivity index (χ3n) is 4.23. The molecule has 5 heteroatoms. The van der Waals surface area contributed by atoms with Crippen molar-refractivity contribution in [1.29, 1.82) is 5.26 Å². The minimum Gasteiger partial charge on any atom is -0.466 e. The number of Topliss-reactive ketones (excluding diaryl/α,β-unsaturated/α-hetero) is 1. The van der Waals surface area contributed by atoms with Gasteiger partial charge in [0.05, 0.1) is 19.1 Å². The van der Waals surface area contributed by atoms with Crippen molar-refractivity contribution in [2.75, 3.05) is 6.61 Å². The van der Waals surface area contributed by atoms with E-state index in [2.05, 4.69) is 6.07 Å². The van der Waals surface area contributed by atoms with Crippen LogP contribution in [0.4, 0.5) is 4.39 Å². The fourth-order valence-corrected chi connectivity index (χ4v) is 3.23. The van der Waals surface area contributed by atoms with Gasteiger partial charge in [-0.2, -0.15) is 5.26 Å². The summed E-state index contributed by atoms with van der Waals surface area (Å²) < 4.78 is 18.2. The van der Waals surface area contributed by atoms with Gasteiger partial charge >= 0.3 is 5.97 Å². The molecule has 2 unspecified atom stereocenters. The van der Waals surface area contributed by atoms with Gasteiger partial charge in [0.1, 0.15) is 11.7 Å². The lowest BCUT2D eigenvalue weighted by molar-refractivity contribution is -0.146. The molecular weight excluding hydrogens is 285 g/mol. The van der Waals surface area contributed by atoms with Crippen LogP contribution >= 0.6 is 0 Å². The molecule has 1 saturated carbocycles. The van der Waals surface area contributed by atoms with E-state index in [1.54, 1.807) is 19.1 Å². The molecule has 0 saturated heterocycles. The molecule has 1 aromatic carbocycles. The van der Waals surface area contributed by atoms with Gasteiger partial charge in [-0.1, -0.05) is 12.1 Å². The summed E-state index contributed by atoms with van der Waals surface area (Å²) in [6, 6.07) is 7.74. The van der Waals surface area contributed by atoms with E-state index in [0.29, 0.717) is 24.8 Å². The summed E-state index contributed by atoms with van der Waals surface area (Å²) in [6.45, 7) is 1.94. The number of halogens is 1. The maximum Gasteiger partial charge on any atom is 0.306 e. The van der Waals surface area contributed by atoms with E-state index in [1.807, 2.05) is 0 Å². The Morgan fingerprint density at radius 2 is 2.14 bits per heavy atom. The SMILES string of the molecule is CCOC(=O)CC1(c2ccc(F)cc2)CCCC(=O)C1C#N. The van der Waals surface area contributed by atoms with Crippen molar-refractivity contribution in [2.24, 2.45) is 5.92 Å². The third kappa shape index (κ3) is 3.01. The molecule has 0 aromatic heterocycles. The molecule has 1 aliphatic rings. The fraction of sp³-hybridized carbons (Fsp3) is 0.471. The molecule has 0 amide bonds. The summed E-state index contributed by atoms with van der Waals surface area (Å²) >= 11 is 0. The van der Waals surface area contributed by atoms with Crippen molar-refractivity contribution in [3.63, 3.8) is 0 Å². The number of ether oxygens (including phenoxy) is 1. The Hall–Kier alpha value is -2.22. The van der Waals surface area contributed by atoms with Gasteiger partial charge < -0.3 is 4.74 Å². The Bertz CT molecular complexity index is 605. The topological polar surface area (TPSA) is 67.2 Å². The largest absolute Gasteiger partial charge is 0.466 e. The second kappa shape index (κ2) is 6.69. The van der Waals surface area contributed by atoms with Gasteiger partial charge in [-0.3, -0.25) is 9.59 Å². The van der Waals surface area contributed by atoms with Gasteiger partial charge in [-0.15, -0.1) is 0 Å². The van der Waals surface area contributed by atoms with Gasteiger partial charge in [0, 0.05) is 11.8 Å². The molecule has 116 valence electrons. The lowest BCUT2D eigenvalue weighted by Gasteiger charge is -2.40. The maximum absolute atomic E-state index is 13.2. The van der Waals surface area contributed by atoms with Crippen molar-refractivity contribution in [2.45, 2.75) is 38.0 Å². The number of nitrogens with zero attached hydrogens (tertiary/aromatic N) is 1. The van der Waals surface area contributed by atoms with Crippen molar-refractivity contribution in [3.05, 3.63) is 35.6 Å². The van der Waals surface area contributed by atoms with E-state index >= 15 is 0 Å². The first kappa shape index (κ1) is 16.2. The van der Waals surface area contributed by atoms with Gasteiger partial charge in [0.2, 0.25) is 0 Å². The molecule has 1 aliphatic carbocycles. The summed E-state index contributed by atoms with van der Waals surface area (Å²) in [7, 11) is 0. The molecule has 0 heterocycles. The predicted octanol–water partition coefficient (Wildman–Crippen LogP) is 2.91. The summed E-state index contributed by atoms with van der Waals surface area (Å²) in [5, 5.41) is 9.46. The number of esters is 1. The molecule has 4 nitrogen and oxygen atoms in total. The minimum absolute atomic E-state index is 0.0452. The van der Waals surface area contributed by atoms with Crippen LogP contribution in [0.1, 0.15) is 38.2 Å². The molecule has 0 N–H and O–H groups in total. The molecule has 1 fully saturated rings. The summed E-state index contributed by atoms with van der Waals surface area (Å²) in [4.78, 5) is 24.2. The zero-order chi connectivity index (χ0) is 16.2. The van der Waals surface area contributed by atoms with Crippen LogP contribution in [0.2, 0.25) is 0 Å². The third-order valence-corrected chi connectivity index (χ3v) is 4.23. The number of hydrogen-bond acceptors (Lipinski definition) is 4. The van der Waals surface area contributed by atoms with E-state index in [0.717, 1.165) is 0 Å². The molecule has 0 spiro atoms. The van der Waals surface area contributed by atoms with E-state index < -0.39 is 23.1 Å². The highest BCUT2D eigenvalue weighted by Gasteiger charge is 2.48. The molecule has 0 aliphatic heterocycles. The number of carbonyl (C=O) groups is 2. The molecule has 2 atom stereocenters. The van der Waals surface area contributed by atoms with Gasteiger partial charge in [-0.25, -0.2) is 4.39 Å². The summed E-state index contributed by atoms with van der Waals surface area (Å²) in [5.41, 5.74) is -0.286. The van der Waals surface area contributed by atoms with Gasteiger partial charge in [0.25, 0.3) is 0 Å². The van der Waals surface area contributed by atoms with Gasteiger partial charge in [0.15, 0.2) is 5.78 Å². The number of nitriles is 1. The van der Waals surface area contributed by atoms with Crippen LogP contribution in [0.25, 0.3) is 0 Å². The number of benzene rings is 1. The normalized spacial score (nSPS) is 24.6. The molecule has 2 rings (SSSR count). The van der Waals surface area contributed by atoms with Crippen LogP contribution in [0, 0.1) is 23.1 Å². The molecule has 0 radical (unpaired) electrons. The van der Waals surface area contributed by atoms with Crippen molar-refractivity contribution >= 4 is 11.8 Å².